The Balaban J connectivity index is 1.35. The molecule has 1 aliphatic heterocycles. The third-order valence-corrected chi connectivity index (χ3v) is 10.4. The lowest BCUT2D eigenvalue weighted by molar-refractivity contribution is -0.199. The van der Waals surface area contributed by atoms with E-state index in [2.05, 4.69) is 25.5 Å². The van der Waals surface area contributed by atoms with Crippen LogP contribution in [0.2, 0.25) is 0 Å². The van der Waals surface area contributed by atoms with E-state index in [1.54, 1.807) is 18.4 Å². The molecule has 3 saturated carbocycles. The lowest BCUT2D eigenvalue weighted by Gasteiger charge is -2.64. The SMILES string of the molecule is CC1(C)[C@@H]2C[C@H]3OB([C@H](Cc4coc5ccccc45)NS(=O)(=O)c4ccccc4C#N)O[C@@]3(C)[C@H]1C2. The third-order valence-electron chi connectivity index (χ3n) is 8.90. The van der Waals surface area contributed by atoms with Crippen LogP contribution in [0.1, 0.15) is 44.7 Å². The Morgan fingerprint density at radius 2 is 1.89 bits per heavy atom. The van der Waals surface area contributed by atoms with Crippen molar-refractivity contribution in [2.45, 2.75) is 62.6 Å². The van der Waals surface area contributed by atoms with Gasteiger partial charge in [0.25, 0.3) is 0 Å². The molecule has 4 aliphatic rings. The average Bonchev–Trinajstić information content (AvgIpc) is 3.43. The summed E-state index contributed by atoms with van der Waals surface area (Å²) in [4.78, 5) is -0.0560. The quantitative estimate of drug-likeness (QED) is 0.498. The minimum atomic E-state index is -4.04. The molecular weight excluding hydrogens is 475 g/mol. The molecule has 2 aromatic carbocycles. The average molecular weight is 504 g/mol. The van der Waals surface area contributed by atoms with E-state index in [-0.39, 0.29) is 22.0 Å². The molecule has 7 nitrogen and oxygen atoms in total. The van der Waals surface area contributed by atoms with Crippen LogP contribution in [-0.2, 0) is 25.8 Å². The van der Waals surface area contributed by atoms with E-state index in [9.17, 15) is 13.7 Å². The number of para-hydroxylation sites is 1. The molecule has 9 heteroatoms. The molecule has 1 N–H and O–H groups in total. The van der Waals surface area contributed by atoms with E-state index in [0.717, 1.165) is 29.4 Å². The zero-order valence-corrected chi connectivity index (χ0v) is 21.4. The highest BCUT2D eigenvalue weighted by atomic mass is 32.2. The van der Waals surface area contributed by atoms with Crippen molar-refractivity contribution >= 4 is 28.1 Å². The molecule has 3 aliphatic carbocycles. The van der Waals surface area contributed by atoms with Crippen LogP contribution in [-0.4, -0.2) is 33.2 Å². The molecule has 3 aromatic rings. The number of furan rings is 1. The highest BCUT2D eigenvalue weighted by Crippen LogP contribution is 2.65. The van der Waals surface area contributed by atoms with Crippen molar-refractivity contribution in [2.75, 3.05) is 0 Å². The van der Waals surface area contributed by atoms with Crippen LogP contribution in [0, 0.1) is 28.6 Å². The monoisotopic (exact) mass is 504 g/mol. The Morgan fingerprint density at radius 1 is 1.14 bits per heavy atom. The van der Waals surface area contributed by atoms with Crippen molar-refractivity contribution in [1.82, 2.24) is 4.72 Å². The van der Waals surface area contributed by atoms with Crippen molar-refractivity contribution < 1.29 is 22.1 Å². The Bertz CT molecular complexity index is 1480. The van der Waals surface area contributed by atoms with Crippen molar-refractivity contribution in [3.8, 4) is 6.07 Å². The second-order valence-electron chi connectivity index (χ2n) is 11.1. The van der Waals surface area contributed by atoms with Gasteiger partial charge >= 0.3 is 7.12 Å². The van der Waals surface area contributed by atoms with Gasteiger partial charge in [-0.05, 0) is 67.2 Å². The van der Waals surface area contributed by atoms with Gasteiger partial charge < -0.3 is 13.7 Å². The molecule has 0 amide bonds. The van der Waals surface area contributed by atoms with E-state index in [4.69, 9.17) is 13.7 Å². The van der Waals surface area contributed by atoms with Gasteiger partial charge in [0.1, 0.15) is 11.7 Å². The first-order valence-electron chi connectivity index (χ1n) is 12.4. The topological polar surface area (TPSA) is 102 Å². The number of fused-ring (bicyclic) bond motifs is 1. The van der Waals surface area contributed by atoms with Gasteiger partial charge in [0.2, 0.25) is 10.0 Å². The van der Waals surface area contributed by atoms with Crippen LogP contribution in [0.25, 0.3) is 11.0 Å². The fourth-order valence-corrected chi connectivity index (χ4v) is 8.13. The van der Waals surface area contributed by atoms with Crippen LogP contribution in [0.3, 0.4) is 0 Å². The summed E-state index contributed by atoms with van der Waals surface area (Å²) in [6.07, 6.45) is 3.91. The zero-order valence-electron chi connectivity index (χ0n) is 20.6. The standard InChI is InChI=1S/C27H29BN2O5S/c1-26(2)19-13-23(26)27(3)24(14-19)34-28(35-27)25(12-18-16-33-21-10-6-5-9-20(18)21)30-36(31,32)22-11-7-4-8-17(22)15-29/h4-11,16,19,23-25,30H,12-14H2,1-3H3/t19-,23-,24+,25-,27-/m0/s1. The van der Waals surface area contributed by atoms with Gasteiger partial charge in [0, 0.05) is 5.39 Å². The van der Waals surface area contributed by atoms with Crippen molar-refractivity contribution in [1.29, 1.82) is 5.26 Å². The Kier molecular flexibility index (Phi) is 5.40. The maximum atomic E-state index is 13.5. The number of nitriles is 1. The second kappa shape index (κ2) is 8.19. The highest BCUT2D eigenvalue weighted by Gasteiger charge is 2.68. The number of nitrogens with one attached hydrogen (secondary N) is 1. The lowest BCUT2D eigenvalue weighted by Crippen LogP contribution is -2.65. The van der Waals surface area contributed by atoms with Crippen LogP contribution in [0.4, 0.5) is 0 Å². The maximum Gasteiger partial charge on any atom is 0.477 e. The lowest BCUT2D eigenvalue weighted by atomic mass is 9.43. The van der Waals surface area contributed by atoms with Gasteiger partial charge in [0.05, 0.1) is 34.4 Å². The van der Waals surface area contributed by atoms with Gasteiger partial charge in [-0.3, -0.25) is 0 Å². The molecule has 1 aromatic heterocycles. The van der Waals surface area contributed by atoms with E-state index >= 15 is 0 Å². The van der Waals surface area contributed by atoms with Crippen molar-refractivity contribution in [3.63, 3.8) is 0 Å². The second-order valence-corrected chi connectivity index (χ2v) is 12.8. The summed E-state index contributed by atoms with van der Waals surface area (Å²) >= 11 is 0. The molecule has 2 heterocycles. The van der Waals surface area contributed by atoms with Gasteiger partial charge in [-0.15, -0.1) is 0 Å². The Labute approximate surface area is 212 Å². The molecule has 7 rings (SSSR count). The predicted octanol–water partition coefficient (Wildman–Crippen LogP) is 4.46. The van der Waals surface area contributed by atoms with Gasteiger partial charge in [-0.2, -0.15) is 5.26 Å². The largest absolute Gasteiger partial charge is 0.477 e. The van der Waals surface area contributed by atoms with Crippen LogP contribution >= 0.6 is 0 Å². The molecule has 0 unspecified atom stereocenters. The molecule has 5 atom stereocenters. The first-order valence-corrected chi connectivity index (χ1v) is 13.9. The van der Waals surface area contributed by atoms with E-state index < -0.39 is 28.7 Å². The summed E-state index contributed by atoms with van der Waals surface area (Å²) in [6.45, 7) is 6.70. The molecule has 186 valence electrons. The highest BCUT2D eigenvalue weighted by molar-refractivity contribution is 7.89. The van der Waals surface area contributed by atoms with Gasteiger partial charge in [0.15, 0.2) is 0 Å². The first-order chi connectivity index (χ1) is 17.1. The third kappa shape index (κ3) is 3.54. The normalized spacial score (nSPS) is 29.4. The summed E-state index contributed by atoms with van der Waals surface area (Å²) < 4.78 is 48.8. The summed E-state index contributed by atoms with van der Waals surface area (Å²) in [6, 6.07) is 15.9. The van der Waals surface area contributed by atoms with Gasteiger partial charge in [-0.1, -0.05) is 44.2 Å². The van der Waals surface area contributed by atoms with Crippen LogP contribution in [0.5, 0.6) is 0 Å². The molecule has 2 bridgehead atoms. The fraction of sp³-hybridized carbons (Fsp3) is 0.444. The molecule has 0 radical (unpaired) electrons. The Morgan fingerprint density at radius 3 is 2.67 bits per heavy atom. The number of rotatable bonds is 6. The Hall–Kier alpha value is -2.64. The van der Waals surface area contributed by atoms with E-state index in [1.807, 2.05) is 30.3 Å². The van der Waals surface area contributed by atoms with Crippen molar-refractivity contribution in [3.05, 3.63) is 65.9 Å². The molecule has 4 fully saturated rings. The van der Waals surface area contributed by atoms with Crippen molar-refractivity contribution in [2.24, 2.45) is 17.3 Å². The van der Waals surface area contributed by atoms with E-state index in [0.29, 0.717) is 18.3 Å². The van der Waals surface area contributed by atoms with Crippen LogP contribution < -0.4 is 4.72 Å². The molecule has 1 saturated heterocycles. The number of hydrogen-bond acceptors (Lipinski definition) is 6. The minimum absolute atomic E-state index is 0.0560. The minimum Gasteiger partial charge on any atom is -0.464 e. The van der Waals surface area contributed by atoms with E-state index in [1.165, 1.54) is 12.1 Å². The summed E-state index contributed by atoms with van der Waals surface area (Å²) in [5, 5.41) is 10.4. The molecule has 0 spiro atoms. The van der Waals surface area contributed by atoms with Crippen LogP contribution in [0.15, 0.2) is 64.1 Å². The summed E-state index contributed by atoms with van der Waals surface area (Å²) in [5.74, 6) is 0.217. The van der Waals surface area contributed by atoms with Gasteiger partial charge in [-0.25, -0.2) is 13.1 Å². The smallest absolute Gasteiger partial charge is 0.464 e. The fourth-order valence-electron chi connectivity index (χ4n) is 6.75. The molecular formula is C27H29BN2O5S. The molecule has 36 heavy (non-hydrogen) atoms. The summed E-state index contributed by atoms with van der Waals surface area (Å²) in [7, 11) is -4.81. The predicted molar refractivity (Wildman–Crippen MR) is 135 cm³/mol. The first kappa shape index (κ1) is 23.7. The number of sulfonamides is 1. The maximum absolute atomic E-state index is 13.5. The number of nitrogens with zero attached hydrogens (tertiary/aromatic N) is 1. The number of hydrogen-bond donors (Lipinski definition) is 1. The number of benzene rings is 2. The zero-order chi connectivity index (χ0) is 25.3. The summed E-state index contributed by atoms with van der Waals surface area (Å²) in [5.41, 5.74) is 1.39.